The average molecular weight is 372 g/mol. The Morgan fingerprint density at radius 3 is 2.57 bits per heavy atom. The number of hydrogen-bond donors (Lipinski definition) is 2. The predicted octanol–water partition coefficient (Wildman–Crippen LogP) is 3.97. The normalized spacial score (nSPS) is 12.0. The van der Waals surface area contributed by atoms with Gasteiger partial charge in [0.05, 0.1) is 0 Å². The number of rotatable bonds is 5. The maximum absolute atomic E-state index is 12.8. The third kappa shape index (κ3) is 3.74. The van der Waals surface area contributed by atoms with Gasteiger partial charge in [0.15, 0.2) is 0 Å². The SMILES string of the molecule is CC(=O)N[C@@H](Cc1c[nH]c2ccccc12)C(=O)Oc1ccc2ccccc2c1. The van der Waals surface area contributed by atoms with Crippen LogP contribution in [-0.4, -0.2) is 22.9 Å². The summed E-state index contributed by atoms with van der Waals surface area (Å²) in [6, 6.07) is 20.4. The fraction of sp³-hybridized carbons (Fsp3) is 0.130. The summed E-state index contributed by atoms with van der Waals surface area (Å²) in [7, 11) is 0. The lowest BCUT2D eigenvalue weighted by molar-refractivity contribution is -0.139. The van der Waals surface area contributed by atoms with E-state index in [0.717, 1.165) is 27.2 Å². The minimum Gasteiger partial charge on any atom is -0.425 e. The van der Waals surface area contributed by atoms with Crippen molar-refractivity contribution in [2.45, 2.75) is 19.4 Å². The van der Waals surface area contributed by atoms with Gasteiger partial charge in [-0.15, -0.1) is 0 Å². The highest BCUT2D eigenvalue weighted by Gasteiger charge is 2.23. The zero-order chi connectivity index (χ0) is 19.5. The molecule has 1 atom stereocenters. The van der Waals surface area contributed by atoms with Crippen LogP contribution in [0.1, 0.15) is 12.5 Å². The van der Waals surface area contributed by atoms with E-state index >= 15 is 0 Å². The molecule has 140 valence electrons. The molecule has 0 saturated heterocycles. The van der Waals surface area contributed by atoms with Crippen LogP contribution in [0, 0.1) is 0 Å². The van der Waals surface area contributed by atoms with Crippen molar-refractivity contribution in [3.63, 3.8) is 0 Å². The molecule has 0 bridgehead atoms. The number of para-hydroxylation sites is 1. The fourth-order valence-corrected chi connectivity index (χ4v) is 3.38. The second-order valence-electron chi connectivity index (χ2n) is 6.75. The molecule has 0 unspecified atom stereocenters. The second kappa shape index (κ2) is 7.56. The number of carbonyl (C=O) groups excluding carboxylic acids is 2. The molecule has 0 aliphatic heterocycles. The summed E-state index contributed by atoms with van der Waals surface area (Å²) < 4.78 is 5.58. The Morgan fingerprint density at radius 2 is 1.75 bits per heavy atom. The first kappa shape index (κ1) is 17.8. The average Bonchev–Trinajstić information content (AvgIpc) is 3.10. The van der Waals surface area contributed by atoms with Crippen molar-refractivity contribution in [2.75, 3.05) is 0 Å². The van der Waals surface area contributed by atoms with Gasteiger partial charge in [0.1, 0.15) is 11.8 Å². The van der Waals surface area contributed by atoms with Crippen LogP contribution in [0.4, 0.5) is 0 Å². The van der Waals surface area contributed by atoms with Gasteiger partial charge in [-0.3, -0.25) is 4.79 Å². The highest BCUT2D eigenvalue weighted by Crippen LogP contribution is 2.22. The van der Waals surface area contributed by atoms with Crippen molar-refractivity contribution in [3.8, 4) is 5.75 Å². The number of aromatic amines is 1. The van der Waals surface area contributed by atoms with Gasteiger partial charge in [0.25, 0.3) is 0 Å². The molecule has 0 fully saturated rings. The number of fused-ring (bicyclic) bond motifs is 2. The van der Waals surface area contributed by atoms with E-state index in [1.165, 1.54) is 6.92 Å². The van der Waals surface area contributed by atoms with E-state index in [1.807, 2.05) is 66.9 Å². The molecule has 4 aromatic rings. The molecule has 0 spiro atoms. The quantitative estimate of drug-likeness (QED) is 0.411. The van der Waals surface area contributed by atoms with Crippen molar-refractivity contribution in [1.82, 2.24) is 10.3 Å². The highest BCUT2D eigenvalue weighted by molar-refractivity contribution is 5.89. The lowest BCUT2D eigenvalue weighted by atomic mass is 10.0. The van der Waals surface area contributed by atoms with Crippen LogP contribution in [0.3, 0.4) is 0 Å². The summed E-state index contributed by atoms with van der Waals surface area (Å²) in [5.74, 6) is -0.311. The van der Waals surface area contributed by atoms with Crippen LogP contribution in [0.2, 0.25) is 0 Å². The zero-order valence-electron chi connectivity index (χ0n) is 15.4. The fourth-order valence-electron chi connectivity index (χ4n) is 3.38. The molecule has 1 aromatic heterocycles. The van der Waals surface area contributed by atoms with E-state index in [-0.39, 0.29) is 5.91 Å². The lowest BCUT2D eigenvalue weighted by Crippen LogP contribution is -2.43. The van der Waals surface area contributed by atoms with E-state index in [2.05, 4.69) is 10.3 Å². The molecule has 0 radical (unpaired) electrons. The van der Waals surface area contributed by atoms with Crippen molar-refractivity contribution in [3.05, 3.63) is 78.5 Å². The molecule has 0 aliphatic carbocycles. The monoisotopic (exact) mass is 372 g/mol. The molecule has 4 rings (SSSR count). The molecule has 0 aliphatic rings. The Balaban J connectivity index is 1.57. The van der Waals surface area contributed by atoms with E-state index in [0.29, 0.717) is 12.2 Å². The van der Waals surface area contributed by atoms with Crippen LogP contribution >= 0.6 is 0 Å². The van der Waals surface area contributed by atoms with E-state index in [4.69, 9.17) is 4.74 Å². The summed E-state index contributed by atoms with van der Waals surface area (Å²) >= 11 is 0. The number of esters is 1. The Hall–Kier alpha value is -3.60. The smallest absolute Gasteiger partial charge is 0.334 e. The van der Waals surface area contributed by atoms with E-state index < -0.39 is 12.0 Å². The Kier molecular flexibility index (Phi) is 4.81. The van der Waals surface area contributed by atoms with Gasteiger partial charge in [0, 0.05) is 30.4 Å². The van der Waals surface area contributed by atoms with Crippen LogP contribution in [0.5, 0.6) is 5.75 Å². The van der Waals surface area contributed by atoms with Crippen molar-refractivity contribution >= 4 is 33.6 Å². The maximum Gasteiger partial charge on any atom is 0.334 e. The molecule has 3 aromatic carbocycles. The number of nitrogens with one attached hydrogen (secondary N) is 2. The summed E-state index contributed by atoms with van der Waals surface area (Å²) in [6.07, 6.45) is 2.21. The van der Waals surface area contributed by atoms with Crippen molar-refractivity contribution in [1.29, 1.82) is 0 Å². The number of carbonyl (C=O) groups is 2. The third-order valence-electron chi connectivity index (χ3n) is 4.70. The van der Waals surface area contributed by atoms with Crippen molar-refractivity contribution in [2.24, 2.45) is 0 Å². The summed E-state index contributed by atoms with van der Waals surface area (Å²) in [5.41, 5.74) is 1.94. The molecule has 1 heterocycles. The second-order valence-corrected chi connectivity index (χ2v) is 6.75. The van der Waals surface area contributed by atoms with Crippen LogP contribution < -0.4 is 10.1 Å². The Labute approximate surface area is 162 Å². The summed E-state index contributed by atoms with van der Waals surface area (Å²) in [5, 5.41) is 5.79. The maximum atomic E-state index is 12.8. The molecule has 5 heteroatoms. The van der Waals surface area contributed by atoms with Gasteiger partial charge in [-0.25, -0.2) is 4.79 Å². The molecular weight excluding hydrogens is 352 g/mol. The van der Waals surface area contributed by atoms with E-state index in [9.17, 15) is 9.59 Å². The van der Waals surface area contributed by atoms with Gasteiger partial charge in [-0.05, 0) is 34.5 Å². The lowest BCUT2D eigenvalue weighted by Gasteiger charge is -2.16. The van der Waals surface area contributed by atoms with Gasteiger partial charge >= 0.3 is 5.97 Å². The van der Waals surface area contributed by atoms with Gasteiger partial charge < -0.3 is 15.0 Å². The molecule has 2 N–H and O–H groups in total. The number of ether oxygens (including phenoxy) is 1. The first-order valence-corrected chi connectivity index (χ1v) is 9.13. The molecule has 0 saturated carbocycles. The molecular formula is C23H20N2O3. The van der Waals surface area contributed by atoms with Crippen LogP contribution in [0.15, 0.2) is 72.9 Å². The van der Waals surface area contributed by atoms with Crippen molar-refractivity contribution < 1.29 is 14.3 Å². The number of amides is 1. The minimum absolute atomic E-state index is 0.277. The third-order valence-corrected chi connectivity index (χ3v) is 4.70. The highest BCUT2D eigenvalue weighted by atomic mass is 16.5. The first-order valence-electron chi connectivity index (χ1n) is 9.13. The molecule has 28 heavy (non-hydrogen) atoms. The number of benzene rings is 3. The summed E-state index contributed by atoms with van der Waals surface area (Å²) in [4.78, 5) is 27.6. The predicted molar refractivity (Wildman–Crippen MR) is 109 cm³/mol. The largest absolute Gasteiger partial charge is 0.425 e. The minimum atomic E-state index is -0.775. The standard InChI is InChI=1S/C23H20N2O3/c1-15(26)25-22(13-18-14-24-21-9-5-4-8-20(18)21)23(27)28-19-11-10-16-6-2-3-7-17(16)12-19/h2-12,14,22,24H,13H2,1H3,(H,25,26)/t22-/m0/s1. The Morgan fingerprint density at radius 1 is 1.00 bits per heavy atom. The number of aromatic nitrogens is 1. The molecule has 5 nitrogen and oxygen atoms in total. The van der Waals surface area contributed by atoms with Gasteiger partial charge in [-0.2, -0.15) is 0 Å². The first-order chi connectivity index (χ1) is 13.6. The topological polar surface area (TPSA) is 71.2 Å². The van der Waals surface area contributed by atoms with Crippen LogP contribution in [-0.2, 0) is 16.0 Å². The molecule has 1 amide bonds. The van der Waals surface area contributed by atoms with Gasteiger partial charge in [0.2, 0.25) is 5.91 Å². The van der Waals surface area contributed by atoms with Crippen LogP contribution in [0.25, 0.3) is 21.7 Å². The Bertz CT molecular complexity index is 1160. The zero-order valence-corrected chi connectivity index (χ0v) is 15.4. The number of H-pyrrole nitrogens is 1. The van der Waals surface area contributed by atoms with Gasteiger partial charge in [-0.1, -0.05) is 48.5 Å². The number of hydrogen-bond acceptors (Lipinski definition) is 3. The summed E-state index contributed by atoms with van der Waals surface area (Å²) in [6.45, 7) is 1.39. The van der Waals surface area contributed by atoms with E-state index in [1.54, 1.807) is 6.07 Å².